The van der Waals surface area contributed by atoms with E-state index >= 15 is 0 Å². The van der Waals surface area contributed by atoms with E-state index in [1.54, 1.807) is 0 Å². The predicted molar refractivity (Wildman–Crippen MR) is 132 cm³/mol. The first-order valence-electron chi connectivity index (χ1n) is 13.6. The molecule has 0 saturated heterocycles. The summed E-state index contributed by atoms with van der Waals surface area (Å²) in [5.74, 6) is 6.86. The molecule has 0 aromatic rings. The maximum atomic E-state index is 10.7. The zero-order chi connectivity index (χ0) is 22.7. The van der Waals surface area contributed by atoms with Crippen LogP contribution in [0, 0.1) is 68.4 Å². The Balaban J connectivity index is 1.39. The van der Waals surface area contributed by atoms with Crippen LogP contribution in [0.25, 0.3) is 0 Å². The molecule has 178 valence electrons. The minimum atomic E-state index is -0.100. The Labute approximate surface area is 203 Å². The van der Waals surface area contributed by atoms with Crippen LogP contribution in [0.15, 0.2) is 12.2 Å². The van der Waals surface area contributed by atoms with Crippen molar-refractivity contribution in [2.45, 2.75) is 103 Å². The van der Waals surface area contributed by atoms with Gasteiger partial charge in [-0.3, -0.25) is 0 Å². The van der Waals surface area contributed by atoms with Gasteiger partial charge in [0.25, 0.3) is 0 Å². The topological polar surface area (TPSA) is 44.0 Å². The third-order valence-corrected chi connectivity index (χ3v) is 13.0. The van der Waals surface area contributed by atoms with Crippen LogP contribution in [0.3, 0.4) is 0 Å². The second-order valence-electron chi connectivity index (χ2n) is 13.1. The average molecular weight is 503 g/mol. The Bertz CT molecular complexity index is 770. The van der Waals surface area contributed by atoms with Gasteiger partial charge < -0.3 is 5.11 Å². The predicted octanol–water partition coefficient (Wildman–Crippen LogP) is 6.83. The first-order chi connectivity index (χ1) is 15.3. The van der Waals surface area contributed by atoms with E-state index in [4.69, 9.17) is 0 Å². The first kappa shape index (κ1) is 23.5. The molecule has 0 aromatic carbocycles. The van der Waals surface area contributed by atoms with E-state index in [2.05, 4.69) is 32.3 Å². The molecule has 5 rings (SSSR count). The minimum absolute atomic E-state index is 0.100. The molecule has 0 heterocycles. The number of nitrogens with zero attached hydrogens (tertiary/aromatic N) is 1. The number of allylic oxidation sites excluding steroid dienone is 1. The molecule has 5 saturated carbocycles. The summed E-state index contributed by atoms with van der Waals surface area (Å²) in [6, 6.07) is 0. The fraction of sp³-hybridized carbons (Fsp3) is 0.897. The number of hydrogen-bond donors (Lipinski definition) is 1. The van der Waals surface area contributed by atoms with E-state index in [1.807, 2.05) is 0 Å². The van der Waals surface area contributed by atoms with Gasteiger partial charge in [-0.15, -0.1) is 0 Å². The number of aliphatic hydroxyl groups is 1. The van der Waals surface area contributed by atoms with E-state index in [-0.39, 0.29) is 26.5 Å². The van der Waals surface area contributed by atoms with Crippen molar-refractivity contribution in [2.24, 2.45) is 58.2 Å². The van der Waals surface area contributed by atoms with Crippen molar-refractivity contribution >= 4 is 15.0 Å². The van der Waals surface area contributed by atoms with Crippen LogP contribution >= 0.6 is 0 Å². The summed E-state index contributed by atoms with van der Waals surface area (Å²) in [6.07, 6.45) is 14.8. The second kappa shape index (κ2) is 8.73. The number of hydrogen-bond acceptors (Lipinski definition) is 2. The number of fused-ring (bicyclic) bond motifs is 7. The molecule has 0 radical (unpaired) electrons. The van der Waals surface area contributed by atoms with Crippen molar-refractivity contribution < 1.29 is 5.11 Å². The van der Waals surface area contributed by atoms with Crippen molar-refractivity contribution in [3.8, 4) is 4.97 Å². The molecule has 2 nitrogen and oxygen atoms in total. The van der Waals surface area contributed by atoms with E-state index in [0.717, 1.165) is 59.1 Å². The van der Waals surface area contributed by atoms with Gasteiger partial charge in [0.1, 0.15) is 0 Å². The molecule has 5 aliphatic carbocycles. The van der Waals surface area contributed by atoms with Crippen molar-refractivity contribution in [1.82, 2.24) is 0 Å². The van der Waals surface area contributed by atoms with Gasteiger partial charge >= 0.3 is 198 Å². The number of rotatable bonds is 4. The number of aliphatic hydroxyl groups excluding tert-OH is 1. The van der Waals surface area contributed by atoms with Crippen molar-refractivity contribution in [2.75, 3.05) is 0 Å². The van der Waals surface area contributed by atoms with Gasteiger partial charge in [0, 0.05) is 0 Å². The fourth-order valence-electron chi connectivity index (χ4n) is 10.5. The Morgan fingerprint density at radius 3 is 2.31 bits per heavy atom. The standard InChI is InChI=1S/C29H45NOSe/c1-18(2)19-11-13-29(15-16-32-17-30)14-12-22-20-7-9-25-23(8-10-26(31)28(25,3)4)21(20)5-6-24(22)27(19)29/h19-27,31H,1,5-16H2,2-4H3/t19-,20+,21-,22-,23+,24-,25+,26-,27+,29+/m0/s1. The molecule has 0 bridgehead atoms. The van der Waals surface area contributed by atoms with Crippen LogP contribution in [0.1, 0.15) is 91.4 Å². The third-order valence-electron chi connectivity index (χ3n) is 11.9. The molecule has 0 aliphatic heterocycles. The zero-order valence-corrected chi connectivity index (χ0v) is 22.4. The molecule has 1 N–H and O–H groups in total. The van der Waals surface area contributed by atoms with Gasteiger partial charge in [0.15, 0.2) is 0 Å². The van der Waals surface area contributed by atoms with E-state index in [9.17, 15) is 10.4 Å². The fourth-order valence-corrected chi connectivity index (χ4v) is 11.7. The van der Waals surface area contributed by atoms with E-state index in [0.29, 0.717) is 5.41 Å². The second-order valence-corrected chi connectivity index (χ2v) is 14.9. The Kier molecular flexibility index (Phi) is 6.40. The Morgan fingerprint density at radius 2 is 1.56 bits per heavy atom. The molecule has 0 spiro atoms. The molecular formula is C29H45NOSe. The SMILES string of the molecule is C=C(C)[C@@H]1CC[C@]2(CC[Se]C#N)CC[C@H]3[C@@H]4CC[C@@H]5[C@H](CC[C@H](O)C5(C)C)[C@H]4CC[C@@H]3[C@@H]12. The van der Waals surface area contributed by atoms with Crippen LogP contribution in [-0.2, 0) is 0 Å². The van der Waals surface area contributed by atoms with Gasteiger partial charge in [-0.25, -0.2) is 0 Å². The normalized spacial score (nSPS) is 49.2. The van der Waals surface area contributed by atoms with Crippen LogP contribution in [-0.4, -0.2) is 26.2 Å². The van der Waals surface area contributed by atoms with Gasteiger partial charge in [-0.05, 0) is 0 Å². The van der Waals surface area contributed by atoms with Crippen molar-refractivity contribution in [1.29, 1.82) is 5.26 Å². The van der Waals surface area contributed by atoms with Crippen molar-refractivity contribution in [3.63, 3.8) is 0 Å². The summed E-state index contributed by atoms with van der Waals surface area (Å²) in [7, 11) is 0. The summed E-state index contributed by atoms with van der Waals surface area (Å²) in [6.45, 7) is 11.5. The molecule has 0 aromatic heterocycles. The van der Waals surface area contributed by atoms with Crippen molar-refractivity contribution in [3.05, 3.63) is 12.2 Å². The molecule has 0 amide bonds. The Morgan fingerprint density at radius 1 is 0.938 bits per heavy atom. The van der Waals surface area contributed by atoms with Gasteiger partial charge in [-0.2, -0.15) is 0 Å². The van der Waals surface area contributed by atoms with Crippen LogP contribution in [0.2, 0.25) is 5.32 Å². The maximum absolute atomic E-state index is 10.7. The summed E-state index contributed by atoms with van der Waals surface area (Å²) in [4.78, 5) is 2.47. The molecule has 5 aliphatic rings. The molecule has 32 heavy (non-hydrogen) atoms. The van der Waals surface area contributed by atoms with Crippen LogP contribution in [0.5, 0.6) is 0 Å². The summed E-state index contributed by atoms with van der Waals surface area (Å²) < 4.78 is 0. The molecule has 10 atom stereocenters. The van der Waals surface area contributed by atoms with Gasteiger partial charge in [-0.1, -0.05) is 0 Å². The molecule has 5 fully saturated rings. The molecule has 0 unspecified atom stereocenters. The third kappa shape index (κ3) is 3.58. The summed E-state index contributed by atoms with van der Waals surface area (Å²) in [5, 5.41) is 21.1. The average Bonchev–Trinajstić information content (AvgIpc) is 3.16. The summed E-state index contributed by atoms with van der Waals surface area (Å²) in [5.41, 5.74) is 2.06. The zero-order valence-electron chi connectivity index (χ0n) is 20.7. The van der Waals surface area contributed by atoms with Crippen LogP contribution < -0.4 is 0 Å². The van der Waals surface area contributed by atoms with Gasteiger partial charge in [0.05, 0.1) is 0 Å². The molecular weight excluding hydrogens is 457 g/mol. The summed E-state index contributed by atoms with van der Waals surface area (Å²) >= 11 is 0.172. The quantitative estimate of drug-likeness (QED) is 0.260. The van der Waals surface area contributed by atoms with Gasteiger partial charge in [0.2, 0.25) is 0 Å². The number of nitriles is 1. The first-order valence-corrected chi connectivity index (χ1v) is 15.7. The van der Waals surface area contributed by atoms with Crippen LogP contribution in [0.4, 0.5) is 0 Å². The van der Waals surface area contributed by atoms with E-state index in [1.165, 1.54) is 69.8 Å². The van der Waals surface area contributed by atoms with E-state index < -0.39 is 0 Å². The molecule has 3 heteroatoms. The Hall–Kier alpha value is -0.291. The monoisotopic (exact) mass is 503 g/mol.